The molecule has 0 fully saturated rings. The third-order valence-electron chi connectivity index (χ3n) is 3.93. The van der Waals surface area contributed by atoms with E-state index in [1.807, 2.05) is 0 Å². The van der Waals surface area contributed by atoms with Gasteiger partial charge in [-0.25, -0.2) is 0 Å². The van der Waals surface area contributed by atoms with Crippen LogP contribution in [0.25, 0.3) is 0 Å². The fourth-order valence-electron chi connectivity index (χ4n) is 2.08. The number of nitrogens with one attached hydrogen (secondary N) is 1. The summed E-state index contributed by atoms with van der Waals surface area (Å²) in [6.45, 7) is 9.24. The predicted octanol–water partition coefficient (Wildman–Crippen LogP) is 3.98. The van der Waals surface area contributed by atoms with Crippen molar-refractivity contribution in [3.8, 4) is 0 Å². The lowest BCUT2D eigenvalue weighted by molar-refractivity contribution is 0.283. The predicted molar refractivity (Wildman–Crippen MR) is 65.7 cm³/mol. The molecule has 86 valence electrons. The summed E-state index contributed by atoms with van der Waals surface area (Å²) in [4.78, 5) is 0. The molecule has 1 heteroatoms. The maximum Gasteiger partial charge on any atom is 0.0173 e. The zero-order chi connectivity index (χ0) is 11.0. The Hall–Kier alpha value is -0.0400. The Bertz CT molecular complexity index is 119. The molecule has 0 saturated heterocycles. The standard InChI is InChI=1S/C13H29N/c1-6-12(4)10-9-11-13(7-2,8-3)14-5/h12,14H,6-11H2,1-5H3. The summed E-state index contributed by atoms with van der Waals surface area (Å²) < 4.78 is 0. The van der Waals surface area contributed by atoms with Crippen LogP contribution in [0, 0.1) is 5.92 Å². The highest BCUT2D eigenvalue weighted by atomic mass is 14.9. The molecule has 0 amide bonds. The van der Waals surface area contributed by atoms with Gasteiger partial charge in [-0.2, -0.15) is 0 Å². The van der Waals surface area contributed by atoms with E-state index in [0.717, 1.165) is 5.92 Å². The Morgan fingerprint density at radius 1 is 1.14 bits per heavy atom. The van der Waals surface area contributed by atoms with Crippen LogP contribution in [-0.4, -0.2) is 12.6 Å². The van der Waals surface area contributed by atoms with Crippen LogP contribution in [0.3, 0.4) is 0 Å². The monoisotopic (exact) mass is 199 g/mol. The van der Waals surface area contributed by atoms with Crippen LogP contribution in [-0.2, 0) is 0 Å². The first kappa shape index (κ1) is 14.0. The molecular formula is C13H29N. The second kappa shape index (κ2) is 7.28. The van der Waals surface area contributed by atoms with Crippen molar-refractivity contribution in [1.82, 2.24) is 5.32 Å². The third kappa shape index (κ3) is 4.45. The maximum absolute atomic E-state index is 3.51. The van der Waals surface area contributed by atoms with E-state index in [1.54, 1.807) is 0 Å². The van der Waals surface area contributed by atoms with Gasteiger partial charge in [0.25, 0.3) is 0 Å². The lowest BCUT2D eigenvalue weighted by Gasteiger charge is -2.31. The smallest absolute Gasteiger partial charge is 0.0173 e. The van der Waals surface area contributed by atoms with Crippen molar-refractivity contribution in [2.24, 2.45) is 5.92 Å². The molecule has 1 unspecified atom stereocenters. The molecule has 0 aromatic carbocycles. The van der Waals surface area contributed by atoms with Crippen LogP contribution >= 0.6 is 0 Å². The number of rotatable bonds is 8. The first-order valence-electron chi connectivity index (χ1n) is 6.33. The molecular weight excluding hydrogens is 170 g/mol. The van der Waals surface area contributed by atoms with Crippen molar-refractivity contribution in [1.29, 1.82) is 0 Å². The van der Waals surface area contributed by atoms with Crippen molar-refractivity contribution >= 4 is 0 Å². The first-order chi connectivity index (χ1) is 6.64. The Morgan fingerprint density at radius 2 is 1.71 bits per heavy atom. The van der Waals surface area contributed by atoms with E-state index in [2.05, 4.69) is 40.1 Å². The highest BCUT2D eigenvalue weighted by molar-refractivity contribution is 4.83. The molecule has 0 saturated carbocycles. The molecule has 0 rings (SSSR count). The minimum atomic E-state index is 0.410. The lowest BCUT2D eigenvalue weighted by Crippen LogP contribution is -2.41. The number of hydrogen-bond donors (Lipinski definition) is 1. The zero-order valence-corrected chi connectivity index (χ0v) is 10.8. The van der Waals surface area contributed by atoms with Gasteiger partial charge in [-0.15, -0.1) is 0 Å². The van der Waals surface area contributed by atoms with Gasteiger partial charge in [0.1, 0.15) is 0 Å². The van der Waals surface area contributed by atoms with Crippen molar-refractivity contribution in [2.45, 2.75) is 71.8 Å². The van der Waals surface area contributed by atoms with Gasteiger partial charge in [0.15, 0.2) is 0 Å². The average molecular weight is 199 g/mol. The van der Waals surface area contributed by atoms with Gasteiger partial charge in [0.2, 0.25) is 0 Å². The Labute approximate surface area is 90.7 Å². The van der Waals surface area contributed by atoms with Gasteiger partial charge >= 0.3 is 0 Å². The Morgan fingerprint density at radius 3 is 2.07 bits per heavy atom. The van der Waals surface area contributed by atoms with Gasteiger partial charge < -0.3 is 5.32 Å². The summed E-state index contributed by atoms with van der Waals surface area (Å²) in [7, 11) is 2.11. The molecule has 0 spiro atoms. The highest BCUT2D eigenvalue weighted by Gasteiger charge is 2.22. The van der Waals surface area contributed by atoms with Crippen LogP contribution in [0.5, 0.6) is 0 Å². The second-order valence-corrected chi connectivity index (χ2v) is 4.64. The molecule has 14 heavy (non-hydrogen) atoms. The maximum atomic E-state index is 3.51. The van der Waals surface area contributed by atoms with Gasteiger partial charge in [0, 0.05) is 5.54 Å². The van der Waals surface area contributed by atoms with E-state index in [4.69, 9.17) is 0 Å². The minimum absolute atomic E-state index is 0.410. The fourth-order valence-corrected chi connectivity index (χ4v) is 2.08. The van der Waals surface area contributed by atoms with Crippen LogP contribution in [0.4, 0.5) is 0 Å². The summed E-state index contributed by atoms with van der Waals surface area (Å²) in [5.74, 6) is 0.901. The van der Waals surface area contributed by atoms with E-state index in [9.17, 15) is 0 Å². The summed E-state index contributed by atoms with van der Waals surface area (Å²) in [5, 5.41) is 3.51. The topological polar surface area (TPSA) is 12.0 Å². The molecule has 0 aliphatic carbocycles. The SMILES string of the molecule is CCC(C)CCCC(CC)(CC)NC. The zero-order valence-electron chi connectivity index (χ0n) is 10.8. The Balaban J connectivity index is 3.82. The molecule has 0 aliphatic rings. The quantitative estimate of drug-likeness (QED) is 0.623. The van der Waals surface area contributed by atoms with Crippen molar-refractivity contribution in [3.05, 3.63) is 0 Å². The van der Waals surface area contributed by atoms with E-state index in [0.29, 0.717) is 5.54 Å². The third-order valence-corrected chi connectivity index (χ3v) is 3.93. The van der Waals surface area contributed by atoms with Crippen molar-refractivity contribution in [3.63, 3.8) is 0 Å². The lowest BCUT2D eigenvalue weighted by atomic mass is 9.86. The summed E-state index contributed by atoms with van der Waals surface area (Å²) in [6, 6.07) is 0. The van der Waals surface area contributed by atoms with Crippen molar-refractivity contribution < 1.29 is 0 Å². The van der Waals surface area contributed by atoms with Crippen LogP contribution in [0.15, 0.2) is 0 Å². The normalized spacial score (nSPS) is 14.4. The molecule has 0 aliphatic heterocycles. The molecule has 0 aromatic rings. The molecule has 1 atom stereocenters. The first-order valence-corrected chi connectivity index (χ1v) is 6.33. The highest BCUT2D eigenvalue weighted by Crippen LogP contribution is 2.23. The second-order valence-electron chi connectivity index (χ2n) is 4.64. The van der Waals surface area contributed by atoms with E-state index < -0.39 is 0 Å². The Kier molecular flexibility index (Phi) is 7.26. The van der Waals surface area contributed by atoms with Crippen LogP contribution in [0.1, 0.15) is 66.2 Å². The van der Waals surface area contributed by atoms with Crippen LogP contribution in [0.2, 0.25) is 0 Å². The molecule has 0 bridgehead atoms. The van der Waals surface area contributed by atoms with E-state index >= 15 is 0 Å². The van der Waals surface area contributed by atoms with E-state index in [1.165, 1.54) is 38.5 Å². The number of hydrogen-bond acceptors (Lipinski definition) is 1. The molecule has 1 N–H and O–H groups in total. The summed E-state index contributed by atoms with van der Waals surface area (Å²) in [6.07, 6.45) is 7.92. The van der Waals surface area contributed by atoms with Gasteiger partial charge in [-0.1, -0.05) is 47.0 Å². The average Bonchev–Trinajstić information content (AvgIpc) is 2.25. The minimum Gasteiger partial charge on any atom is -0.314 e. The van der Waals surface area contributed by atoms with Crippen LogP contribution < -0.4 is 5.32 Å². The van der Waals surface area contributed by atoms with E-state index in [-0.39, 0.29) is 0 Å². The van der Waals surface area contributed by atoms with Gasteiger partial charge in [-0.3, -0.25) is 0 Å². The molecule has 1 nitrogen and oxygen atoms in total. The summed E-state index contributed by atoms with van der Waals surface area (Å²) >= 11 is 0. The molecule has 0 aromatic heterocycles. The van der Waals surface area contributed by atoms with Gasteiger partial charge in [-0.05, 0) is 32.2 Å². The molecule has 0 heterocycles. The van der Waals surface area contributed by atoms with Crippen molar-refractivity contribution in [2.75, 3.05) is 7.05 Å². The fraction of sp³-hybridized carbons (Fsp3) is 1.00. The largest absolute Gasteiger partial charge is 0.314 e. The molecule has 0 radical (unpaired) electrons. The van der Waals surface area contributed by atoms with Gasteiger partial charge in [0.05, 0.1) is 0 Å². The summed E-state index contributed by atoms with van der Waals surface area (Å²) in [5.41, 5.74) is 0.410.